The van der Waals surface area contributed by atoms with Crippen molar-refractivity contribution in [2.45, 2.75) is 13.8 Å². The smallest absolute Gasteiger partial charge is 0.187 e. The lowest BCUT2D eigenvalue weighted by molar-refractivity contribution is 0.936. The second-order valence-electron chi connectivity index (χ2n) is 7.72. The van der Waals surface area contributed by atoms with Crippen molar-refractivity contribution in [3.63, 3.8) is 0 Å². The molecule has 0 atom stereocenters. The highest BCUT2D eigenvalue weighted by Crippen LogP contribution is 2.22. The van der Waals surface area contributed by atoms with Crippen molar-refractivity contribution >= 4 is 23.4 Å². The standard InChI is InChI=1S/C24H19N9/c1-15-19(23-28-26-21(32(23)30-15)17-7-4-3-5-8-17)9-6-10-20-16(2)31-33-22(27-29-24(20)33)18-11-13-25-14-12-18/h3-14,30H,1-2H3/b9-6+,20-10-. The van der Waals surface area contributed by atoms with E-state index >= 15 is 0 Å². The molecule has 6 aromatic rings. The highest BCUT2D eigenvalue weighted by Gasteiger charge is 2.15. The van der Waals surface area contributed by atoms with Gasteiger partial charge in [-0.25, -0.2) is 4.52 Å². The van der Waals surface area contributed by atoms with Gasteiger partial charge in [0.1, 0.15) is 0 Å². The molecular formula is C24H19N9. The van der Waals surface area contributed by atoms with Gasteiger partial charge in [0.15, 0.2) is 22.9 Å². The van der Waals surface area contributed by atoms with Crippen LogP contribution in [-0.2, 0) is 0 Å². The Hall–Kier alpha value is -4.66. The third-order valence-electron chi connectivity index (χ3n) is 5.61. The summed E-state index contributed by atoms with van der Waals surface area (Å²) in [6.45, 7) is 3.99. The van der Waals surface area contributed by atoms with Crippen molar-refractivity contribution in [2.24, 2.45) is 0 Å². The number of benzene rings is 1. The first-order chi connectivity index (χ1) is 16.2. The molecule has 0 saturated heterocycles. The number of hydrogen-bond donors (Lipinski definition) is 1. The van der Waals surface area contributed by atoms with E-state index in [2.05, 4.69) is 35.6 Å². The first-order valence-corrected chi connectivity index (χ1v) is 10.5. The second kappa shape index (κ2) is 7.49. The molecule has 0 amide bonds. The Morgan fingerprint density at radius 2 is 1.55 bits per heavy atom. The fraction of sp³-hybridized carbons (Fsp3) is 0.0833. The average molecular weight is 433 g/mol. The van der Waals surface area contributed by atoms with Crippen LogP contribution in [0.3, 0.4) is 0 Å². The molecule has 0 bridgehead atoms. The predicted octanol–water partition coefficient (Wildman–Crippen LogP) is 3.05. The summed E-state index contributed by atoms with van der Waals surface area (Å²) >= 11 is 0. The maximum Gasteiger partial charge on any atom is 0.187 e. The third kappa shape index (κ3) is 3.09. The zero-order valence-corrected chi connectivity index (χ0v) is 18.0. The molecule has 5 aromatic heterocycles. The van der Waals surface area contributed by atoms with E-state index in [0.717, 1.165) is 44.8 Å². The number of aromatic nitrogens is 9. The van der Waals surface area contributed by atoms with Crippen LogP contribution in [0.15, 0.2) is 60.9 Å². The van der Waals surface area contributed by atoms with Crippen LogP contribution in [0.5, 0.6) is 0 Å². The van der Waals surface area contributed by atoms with Crippen molar-refractivity contribution in [1.29, 1.82) is 0 Å². The summed E-state index contributed by atoms with van der Waals surface area (Å²) in [7, 11) is 0. The van der Waals surface area contributed by atoms with Crippen molar-refractivity contribution in [3.8, 4) is 22.8 Å². The van der Waals surface area contributed by atoms with Gasteiger partial charge >= 0.3 is 0 Å². The summed E-state index contributed by atoms with van der Waals surface area (Å²) in [5, 5.41) is 26.4. The molecule has 0 aliphatic carbocycles. The number of rotatable bonds is 4. The second-order valence-corrected chi connectivity index (χ2v) is 7.72. The molecule has 0 aliphatic rings. The summed E-state index contributed by atoms with van der Waals surface area (Å²) in [6.07, 6.45) is 9.47. The number of nitrogens with zero attached hydrogens (tertiary/aromatic N) is 8. The fourth-order valence-corrected chi connectivity index (χ4v) is 3.96. The number of allylic oxidation sites excluding steroid dienone is 1. The normalized spacial score (nSPS) is 12.6. The van der Waals surface area contributed by atoms with Crippen LogP contribution < -0.4 is 5.22 Å². The number of nitrogens with one attached hydrogen (secondary N) is 1. The molecule has 0 saturated carbocycles. The number of aromatic amines is 1. The minimum atomic E-state index is 0.694. The van der Waals surface area contributed by atoms with Gasteiger partial charge in [-0.3, -0.25) is 10.1 Å². The molecule has 0 fully saturated rings. The summed E-state index contributed by atoms with van der Waals surface area (Å²) in [5.74, 6) is 1.47. The molecule has 0 radical (unpaired) electrons. The molecule has 9 heteroatoms. The van der Waals surface area contributed by atoms with Crippen LogP contribution in [0.25, 0.3) is 46.2 Å². The van der Waals surface area contributed by atoms with Gasteiger partial charge in [-0.1, -0.05) is 36.4 Å². The van der Waals surface area contributed by atoms with E-state index in [1.54, 1.807) is 16.9 Å². The van der Waals surface area contributed by atoms with Crippen LogP contribution in [0.4, 0.5) is 0 Å². The van der Waals surface area contributed by atoms with Crippen LogP contribution in [0, 0.1) is 13.8 Å². The highest BCUT2D eigenvalue weighted by atomic mass is 15.4. The van der Waals surface area contributed by atoms with Gasteiger partial charge in [-0.2, -0.15) is 9.61 Å². The van der Waals surface area contributed by atoms with E-state index < -0.39 is 0 Å². The molecule has 1 N–H and O–H groups in total. The van der Waals surface area contributed by atoms with Gasteiger partial charge in [0.25, 0.3) is 0 Å². The summed E-state index contributed by atoms with van der Waals surface area (Å²) < 4.78 is 3.69. The molecule has 0 unspecified atom stereocenters. The molecular weight excluding hydrogens is 414 g/mol. The first-order valence-electron chi connectivity index (χ1n) is 10.5. The zero-order chi connectivity index (χ0) is 22.4. The SMILES string of the molecule is Cc1[nH]n2c(-c3ccccc3)nnc2c1/C=C/C=c1/c(C)nn2c(-c3ccncc3)nnc12. The number of H-pyrrole nitrogens is 1. The zero-order valence-electron chi connectivity index (χ0n) is 18.0. The topological polar surface area (TPSA) is 102 Å². The van der Waals surface area contributed by atoms with Gasteiger partial charge < -0.3 is 0 Å². The minimum Gasteiger partial charge on any atom is -0.295 e. The molecule has 0 spiro atoms. The monoisotopic (exact) mass is 433 g/mol. The molecule has 160 valence electrons. The minimum absolute atomic E-state index is 0.694. The van der Waals surface area contributed by atoms with Crippen molar-refractivity contribution < 1.29 is 0 Å². The predicted molar refractivity (Wildman–Crippen MR) is 125 cm³/mol. The van der Waals surface area contributed by atoms with Gasteiger partial charge in [-0.15, -0.1) is 20.4 Å². The van der Waals surface area contributed by atoms with Crippen molar-refractivity contribution in [3.05, 3.63) is 83.1 Å². The van der Waals surface area contributed by atoms with E-state index in [1.165, 1.54) is 0 Å². The van der Waals surface area contributed by atoms with Gasteiger partial charge in [0.2, 0.25) is 0 Å². The molecule has 5 heterocycles. The van der Waals surface area contributed by atoms with Crippen molar-refractivity contribution in [1.82, 2.24) is 44.6 Å². The Labute approximate surface area is 188 Å². The molecule has 0 aliphatic heterocycles. The van der Waals surface area contributed by atoms with E-state index in [4.69, 9.17) is 0 Å². The van der Waals surface area contributed by atoms with E-state index in [0.29, 0.717) is 11.5 Å². The van der Waals surface area contributed by atoms with E-state index in [1.807, 2.05) is 79.1 Å². The van der Waals surface area contributed by atoms with Crippen LogP contribution in [-0.4, -0.2) is 44.6 Å². The van der Waals surface area contributed by atoms with E-state index in [9.17, 15) is 0 Å². The van der Waals surface area contributed by atoms with Crippen LogP contribution in [0.2, 0.25) is 0 Å². The van der Waals surface area contributed by atoms with Crippen molar-refractivity contribution in [2.75, 3.05) is 0 Å². The Morgan fingerprint density at radius 3 is 2.36 bits per heavy atom. The molecule has 9 nitrogen and oxygen atoms in total. The Bertz CT molecular complexity index is 1670. The van der Waals surface area contributed by atoms with Crippen LogP contribution >= 0.6 is 0 Å². The third-order valence-corrected chi connectivity index (χ3v) is 5.61. The van der Waals surface area contributed by atoms with E-state index in [-0.39, 0.29) is 0 Å². The maximum absolute atomic E-state index is 4.64. The lowest BCUT2D eigenvalue weighted by Crippen LogP contribution is -2.01. The van der Waals surface area contributed by atoms with Gasteiger partial charge in [0, 0.05) is 40.0 Å². The Kier molecular flexibility index (Phi) is 4.32. The highest BCUT2D eigenvalue weighted by molar-refractivity contribution is 5.73. The lowest BCUT2D eigenvalue weighted by atomic mass is 10.2. The maximum atomic E-state index is 4.64. The number of fused-ring (bicyclic) bond motifs is 2. The number of hydrogen-bond acceptors (Lipinski definition) is 6. The Morgan fingerprint density at radius 1 is 0.818 bits per heavy atom. The molecule has 33 heavy (non-hydrogen) atoms. The quantitative estimate of drug-likeness (QED) is 0.458. The lowest BCUT2D eigenvalue weighted by Gasteiger charge is -1.96. The van der Waals surface area contributed by atoms with Crippen LogP contribution in [0.1, 0.15) is 17.0 Å². The van der Waals surface area contributed by atoms with Gasteiger partial charge in [0.05, 0.1) is 5.69 Å². The average Bonchev–Trinajstić information content (AvgIpc) is 3.58. The largest absolute Gasteiger partial charge is 0.295 e. The number of aryl methyl sites for hydroxylation is 2. The summed E-state index contributed by atoms with van der Waals surface area (Å²) in [5.41, 5.74) is 6.29. The first kappa shape index (κ1) is 19.1. The fourth-order valence-electron chi connectivity index (χ4n) is 3.96. The summed E-state index contributed by atoms with van der Waals surface area (Å²) in [6, 6.07) is 13.8. The summed E-state index contributed by atoms with van der Waals surface area (Å²) in [4.78, 5) is 4.06. The van der Waals surface area contributed by atoms with Gasteiger partial charge in [-0.05, 0) is 38.1 Å². The molecule has 6 rings (SSSR count). The Balaban J connectivity index is 1.39. The molecule has 1 aromatic carbocycles. The number of pyridine rings is 1.